The molecule has 0 saturated carbocycles. The molecule has 1 aromatic carbocycles. The van der Waals surface area contributed by atoms with Gasteiger partial charge in [-0.05, 0) is 24.6 Å². The summed E-state index contributed by atoms with van der Waals surface area (Å²) in [6.07, 6.45) is 0.532. The van der Waals surface area contributed by atoms with E-state index in [4.69, 9.17) is 15.6 Å². The average molecular weight is 228 g/mol. The summed E-state index contributed by atoms with van der Waals surface area (Å²) in [6, 6.07) is 4.19. The van der Waals surface area contributed by atoms with Crippen molar-refractivity contribution >= 4 is 11.4 Å². The van der Waals surface area contributed by atoms with Crippen LogP contribution in [0.25, 0.3) is 0 Å². The molecule has 0 spiro atoms. The highest BCUT2D eigenvalue weighted by Crippen LogP contribution is 2.17. The molecule has 0 bridgehead atoms. The first kappa shape index (κ1) is 12.7. The smallest absolute Gasteiger partial charge is 0.127 e. The molecule has 4 nitrogen and oxygen atoms in total. The van der Waals surface area contributed by atoms with Gasteiger partial charge in [0.1, 0.15) is 5.82 Å². The van der Waals surface area contributed by atoms with Crippen LogP contribution >= 0.6 is 0 Å². The highest BCUT2D eigenvalue weighted by atomic mass is 19.1. The number of methoxy groups -OCH3 is 1. The second kappa shape index (κ2) is 6.30. The molecule has 1 aromatic rings. The van der Waals surface area contributed by atoms with E-state index in [-0.39, 0.29) is 18.5 Å². The Bertz CT molecular complexity index is 308. The van der Waals surface area contributed by atoms with Crippen LogP contribution in [0.4, 0.5) is 15.8 Å². The monoisotopic (exact) mass is 228 g/mol. The average Bonchev–Trinajstić information content (AvgIpc) is 2.16. The number of anilines is 2. The Morgan fingerprint density at radius 3 is 2.81 bits per heavy atom. The summed E-state index contributed by atoms with van der Waals surface area (Å²) in [5.41, 5.74) is 6.48. The fraction of sp³-hybridized carbons (Fsp3) is 0.455. The van der Waals surface area contributed by atoms with E-state index < -0.39 is 0 Å². The molecular weight excluding hydrogens is 211 g/mol. The Labute approximate surface area is 94.2 Å². The van der Waals surface area contributed by atoms with Gasteiger partial charge < -0.3 is 20.9 Å². The van der Waals surface area contributed by atoms with E-state index in [1.54, 1.807) is 13.2 Å². The first-order chi connectivity index (χ1) is 7.65. The van der Waals surface area contributed by atoms with Gasteiger partial charge in [-0.2, -0.15) is 0 Å². The Morgan fingerprint density at radius 2 is 2.25 bits per heavy atom. The number of benzene rings is 1. The molecule has 5 heteroatoms. The maximum atomic E-state index is 13.0. The van der Waals surface area contributed by atoms with Gasteiger partial charge in [0.25, 0.3) is 0 Å². The molecule has 4 N–H and O–H groups in total. The zero-order chi connectivity index (χ0) is 12.0. The molecular formula is C11H17FN2O2. The van der Waals surface area contributed by atoms with E-state index in [1.807, 2.05) is 0 Å². The number of nitrogen functional groups attached to an aromatic ring is 1. The van der Waals surface area contributed by atoms with Gasteiger partial charge in [-0.3, -0.25) is 0 Å². The van der Waals surface area contributed by atoms with Crippen molar-refractivity contribution in [1.29, 1.82) is 0 Å². The number of halogens is 1. The van der Waals surface area contributed by atoms with Crippen LogP contribution < -0.4 is 11.1 Å². The van der Waals surface area contributed by atoms with Crippen molar-refractivity contribution in [3.8, 4) is 0 Å². The van der Waals surface area contributed by atoms with Crippen LogP contribution in [0, 0.1) is 5.82 Å². The molecule has 0 aromatic heterocycles. The van der Waals surface area contributed by atoms with Gasteiger partial charge in [-0.1, -0.05) is 0 Å². The minimum absolute atomic E-state index is 0.0474. The van der Waals surface area contributed by atoms with Crippen LogP contribution in [0.2, 0.25) is 0 Å². The number of hydrogen-bond donors (Lipinski definition) is 3. The molecule has 0 heterocycles. The highest BCUT2D eigenvalue weighted by molar-refractivity contribution is 5.55. The fourth-order valence-electron chi connectivity index (χ4n) is 1.49. The summed E-state index contributed by atoms with van der Waals surface area (Å²) in [7, 11) is 1.58. The van der Waals surface area contributed by atoms with Gasteiger partial charge in [0.15, 0.2) is 0 Å². The van der Waals surface area contributed by atoms with Crippen molar-refractivity contribution in [3.05, 3.63) is 24.0 Å². The third kappa shape index (κ3) is 4.04. The van der Waals surface area contributed by atoms with Crippen LogP contribution in [-0.2, 0) is 4.74 Å². The zero-order valence-electron chi connectivity index (χ0n) is 9.24. The summed E-state index contributed by atoms with van der Waals surface area (Å²) < 4.78 is 18.0. The van der Waals surface area contributed by atoms with E-state index in [9.17, 15) is 4.39 Å². The molecule has 0 amide bonds. The molecule has 1 atom stereocenters. The summed E-state index contributed by atoms with van der Waals surface area (Å²) in [4.78, 5) is 0. The topological polar surface area (TPSA) is 67.5 Å². The number of nitrogens with one attached hydrogen (secondary N) is 1. The molecule has 0 saturated heterocycles. The quantitative estimate of drug-likeness (QED) is 0.640. The van der Waals surface area contributed by atoms with E-state index in [0.717, 1.165) is 0 Å². The molecule has 1 rings (SSSR count). The van der Waals surface area contributed by atoms with E-state index in [0.29, 0.717) is 24.4 Å². The van der Waals surface area contributed by atoms with Crippen LogP contribution in [0.1, 0.15) is 6.42 Å². The van der Waals surface area contributed by atoms with Crippen LogP contribution in [0.5, 0.6) is 0 Å². The van der Waals surface area contributed by atoms with Crippen molar-refractivity contribution in [3.63, 3.8) is 0 Å². The SMILES string of the molecule is COCC(CCO)Nc1cc(N)cc(F)c1. The first-order valence-electron chi connectivity index (χ1n) is 5.08. The Balaban J connectivity index is 2.68. The van der Waals surface area contributed by atoms with E-state index in [2.05, 4.69) is 5.32 Å². The first-order valence-corrected chi connectivity index (χ1v) is 5.08. The highest BCUT2D eigenvalue weighted by Gasteiger charge is 2.08. The molecule has 0 radical (unpaired) electrons. The summed E-state index contributed by atoms with van der Waals surface area (Å²) in [5, 5.41) is 11.9. The summed E-state index contributed by atoms with van der Waals surface area (Å²) in [6.45, 7) is 0.489. The minimum atomic E-state index is -0.386. The van der Waals surface area contributed by atoms with Crippen LogP contribution in [0.15, 0.2) is 18.2 Å². The Kier molecular flexibility index (Phi) is 5.01. The predicted molar refractivity (Wildman–Crippen MR) is 61.8 cm³/mol. The van der Waals surface area contributed by atoms with Gasteiger partial charge in [0.2, 0.25) is 0 Å². The van der Waals surface area contributed by atoms with Crippen molar-refractivity contribution < 1.29 is 14.2 Å². The second-order valence-corrected chi connectivity index (χ2v) is 3.58. The van der Waals surface area contributed by atoms with Gasteiger partial charge in [0, 0.05) is 25.1 Å². The van der Waals surface area contributed by atoms with Crippen molar-refractivity contribution in [2.24, 2.45) is 0 Å². The number of ether oxygens (including phenoxy) is 1. The molecule has 0 fully saturated rings. The third-order valence-electron chi connectivity index (χ3n) is 2.14. The minimum Gasteiger partial charge on any atom is -0.399 e. The molecule has 0 aliphatic rings. The van der Waals surface area contributed by atoms with Crippen LogP contribution in [-0.4, -0.2) is 31.5 Å². The van der Waals surface area contributed by atoms with Crippen molar-refractivity contribution in [2.45, 2.75) is 12.5 Å². The Hall–Kier alpha value is -1.33. The van der Waals surface area contributed by atoms with Crippen molar-refractivity contribution in [2.75, 3.05) is 31.4 Å². The zero-order valence-corrected chi connectivity index (χ0v) is 9.24. The molecule has 16 heavy (non-hydrogen) atoms. The number of hydrogen-bond acceptors (Lipinski definition) is 4. The number of aliphatic hydroxyl groups excluding tert-OH is 1. The molecule has 1 unspecified atom stereocenters. The van der Waals surface area contributed by atoms with Gasteiger partial charge in [-0.15, -0.1) is 0 Å². The van der Waals surface area contributed by atoms with Gasteiger partial charge >= 0.3 is 0 Å². The van der Waals surface area contributed by atoms with Gasteiger partial charge in [0.05, 0.1) is 12.6 Å². The van der Waals surface area contributed by atoms with Gasteiger partial charge in [-0.25, -0.2) is 4.39 Å². The lowest BCUT2D eigenvalue weighted by molar-refractivity contribution is 0.170. The van der Waals surface area contributed by atoms with Crippen molar-refractivity contribution in [1.82, 2.24) is 0 Å². The van der Waals surface area contributed by atoms with E-state index >= 15 is 0 Å². The molecule has 0 aliphatic carbocycles. The third-order valence-corrected chi connectivity index (χ3v) is 2.14. The second-order valence-electron chi connectivity index (χ2n) is 3.58. The maximum Gasteiger partial charge on any atom is 0.127 e. The number of rotatable bonds is 6. The molecule has 90 valence electrons. The maximum absolute atomic E-state index is 13.0. The Morgan fingerprint density at radius 1 is 1.50 bits per heavy atom. The number of nitrogens with two attached hydrogens (primary N) is 1. The number of aliphatic hydroxyl groups is 1. The lowest BCUT2D eigenvalue weighted by Crippen LogP contribution is -2.26. The predicted octanol–water partition coefficient (Wildman–Crippen LogP) is 1.22. The normalized spacial score (nSPS) is 12.4. The summed E-state index contributed by atoms with van der Waals surface area (Å²) >= 11 is 0. The lowest BCUT2D eigenvalue weighted by atomic mass is 10.2. The van der Waals surface area contributed by atoms with Crippen LogP contribution in [0.3, 0.4) is 0 Å². The largest absolute Gasteiger partial charge is 0.399 e. The standard InChI is InChI=1S/C11H17FN2O2/c1-16-7-10(2-3-15)14-11-5-8(12)4-9(13)6-11/h4-6,10,14-15H,2-3,7,13H2,1H3. The lowest BCUT2D eigenvalue weighted by Gasteiger charge is -2.18. The fourth-order valence-corrected chi connectivity index (χ4v) is 1.49. The molecule has 0 aliphatic heterocycles. The van der Waals surface area contributed by atoms with E-state index in [1.165, 1.54) is 12.1 Å². The summed E-state index contributed by atoms with van der Waals surface area (Å²) in [5.74, 6) is -0.386.